The fraction of sp³-hybridized carbons (Fsp3) is 0.250. The number of nitrogens with zero attached hydrogens (tertiary/aromatic N) is 1. The van der Waals surface area contributed by atoms with Crippen LogP contribution in [-0.4, -0.2) is 11.3 Å². The minimum Gasteiger partial charge on any atom is -0.370 e. The van der Waals surface area contributed by atoms with Crippen LogP contribution in [0, 0.1) is 0 Å². The molecule has 0 spiro atoms. The fourth-order valence-corrected chi connectivity index (χ4v) is 1.38. The van der Waals surface area contributed by atoms with E-state index in [1.54, 1.807) is 6.07 Å². The molecule has 1 aromatic rings. The van der Waals surface area contributed by atoms with E-state index in [-0.39, 0.29) is 5.15 Å². The van der Waals surface area contributed by atoms with Gasteiger partial charge in [0.15, 0.2) is 6.29 Å². The summed E-state index contributed by atoms with van der Waals surface area (Å²) in [7, 11) is 0. The SMILES string of the molecule is O=Cc1cc2c(nc1Cl)COC2. The number of hydrogen-bond donors (Lipinski definition) is 0. The van der Waals surface area contributed by atoms with Crippen molar-refractivity contribution in [2.24, 2.45) is 0 Å². The van der Waals surface area contributed by atoms with E-state index < -0.39 is 0 Å². The van der Waals surface area contributed by atoms with Crippen LogP contribution in [0.2, 0.25) is 5.15 Å². The summed E-state index contributed by atoms with van der Waals surface area (Å²) < 4.78 is 5.13. The summed E-state index contributed by atoms with van der Waals surface area (Å²) in [6.45, 7) is 1.02. The highest BCUT2D eigenvalue weighted by atomic mass is 35.5. The summed E-state index contributed by atoms with van der Waals surface area (Å²) in [4.78, 5) is 14.5. The molecule has 2 rings (SSSR count). The molecule has 0 aromatic carbocycles. The lowest BCUT2D eigenvalue weighted by Crippen LogP contribution is -1.93. The lowest BCUT2D eigenvalue weighted by Gasteiger charge is -1.98. The van der Waals surface area contributed by atoms with E-state index in [2.05, 4.69) is 4.98 Å². The third-order valence-corrected chi connectivity index (χ3v) is 2.10. The molecule has 62 valence electrons. The molecule has 0 bridgehead atoms. The van der Waals surface area contributed by atoms with Crippen LogP contribution in [0.15, 0.2) is 6.07 Å². The van der Waals surface area contributed by atoms with E-state index in [0.717, 1.165) is 11.3 Å². The van der Waals surface area contributed by atoms with E-state index >= 15 is 0 Å². The Morgan fingerprint density at radius 3 is 3.17 bits per heavy atom. The van der Waals surface area contributed by atoms with Crippen molar-refractivity contribution in [3.8, 4) is 0 Å². The zero-order valence-corrected chi connectivity index (χ0v) is 6.97. The van der Waals surface area contributed by atoms with E-state index in [0.29, 0.717) is 25.1 Å². The van der Waals surface area contributed by atoms with E-state index in [1.165, 1.54) is 0 Å². The van der Waals surface area contributed by atoms with E-state index in [9.17, 15) is 4.79 Å². The zero-order valence-electron chi connectivity index (χ0n) is 6.21. The summed E-state index contributed by atoms with van der Waals surface area (Å²) in [6.07, 6.45) is 0.702. The number of hydrogen-bond acceptors (Lipinski definition) is 3. The first-order chi connectivity index (χ1) is 5.81. The Morgan fingerprint density at radius 1 is 1.58 bits per heavy atom. The molecule has 0 saturated heterocycles. The predicted octanol–water partition coefficient (Wildman–Crippen LogP) is 1.58. The van der Waals surface area contributed by atoms with Crippen LogP contribution in [0.5, 0.6) is 0 Å². The van der Waals surface area contributed by atoms with Crippen molar-refractivity contribution in [3.63, 3.8) is 0 Å². The van der Waals surface area contributed by atoms with Gasteiger partial charge in [-0.2, -0.15) is 0 Å². The number of aromatic nitrogens is 1. The van der Waals surface area contributed by atoms with Crippen LogP contribution in [-0.2, 0) is 18.0 Å². The van der Waals surface area contributed by atoms with Gasteiger partial charge in [0.05, 0.1) is 24.5 Å². The van der Waals surface area contributed by atoms with Crippen molar-refractivity contribution in [2.45, 2.75) is 13.2 Å². The summed E-state index contributed by atoms with van der Waals surface area (Å²) in [5.41, 5.74) is 2.23. The van der Waals surface area contributed by atoms with Crippen molar-refractivity contribution in [1.29, 1.82) is 0 Å². The van der Waals surface area contributed by atoms with Gasteiger partial charge in [0.2, 0.25) is 0 Å². The highest BCUT2D eigenvalue weighted by Gasteiger charge is 2.15. The van der Waals surface area contributed by atoms with Crippen LogP contribution in [0.1, 0.15) is 21.6 Å². The highest BCUT2D eigenvalue weighted by molar-refractivity contribution is 6.31. The number of aldehydes is 1. The first kappa shape index (κ1) is 7.71. The molecule has 3 nitrogen and oxygen atoms in total. The minimum atomic E-state index is 0.259. The molecule has 4 heteroatoms. The van der Waals surface area contributed by atoms with Gasteiger partial charge in [-0.3, -0.25) is 4.79 Å². The van der Waals surface area contributed by atoms with Gasteiger partial charge in [-0.05, 0) is 6.07 Å². The Morgan fingerprint density at radius 2 is 2.42 bits per heavy atom. The number of carbonyl (C=O) groups is 1. The number of pyridine rings is 1. The van der Waals surface area contributed by atoms with Crippen molar-refractivity contribution < 1.29 is 9.53 Å². The first-order valence-corrected chi connectivity index (χ1v) is 3.90. The maximum atomic E-state index is 10.5. The molecule has 0 saturated carbocycles. The Kier molecular flexibility index (Phi) is 1.83. The Balaban J connectivity index is 2.56. The molecule has 12 heavy (non-hydrogen) atoms. The molecule has 1 aliphatic heterocycles. The molecule has 0 atom stereocenters. The quantitative estimate of drug-likeness (QED) is 0.490. The maximum Gasteiger partial charge on any atom is 0.153 e. The number of fused-ring (bicyclic) bond motifs is 1. The molecule has 0 amide bonds. The van der Waals surface area contributed by atoms with Crippen LogP contribution in [0.25, 0.3) is 0 Å². The largest absolute Gasteiger partial charge is 0.370 e. The number of carbonyl (C=O) groups excluding carboxylic acids is 1. The van der Waals surface area contributed by atoms with Crippen LogP contribution < -0.4 is 0 Å². The molecule has 0 aliphatic carbocycles. The van der Waals surface area contributed by atoms with E-state index in [4.69, 9.17) is 16.3 Å². The smallest absolute Gasteiger partial charge is 0.153 e. The molecule has 2 heterocycles. The van der Waals surface area contributed by atoms with Crippen molar-refractivity contribution >= 4 is 17.9 Å². The molecule has 1 aromatic heterocycles. The lowest BCUT2D eigenvalue weighted by atomic mass is 10.2. The summed E-state index contributed by atoms with van der Waals surface area (Å²) >= 11 is 5.71. The van der Waals surface area contributed by atoms with Gasteiger partial charge in [-0.1, -0.05) is 11.6 Å². The van der Waals surface area contributed by atoms with Crippen molar-refractivity contribution in [1.82, 2.24) is 4.98 Å². The van der Waals surface area contributed by atoms with Gasteiger partial charge < -0.3 is 4.74 Å². The molecule has 0 fully saturated rings. The van der Waals surface area contributed by atoms with Gasteiger partial charge in [0, 0.05) is 5.56 Å². The molecular formula is C8H6ClNO2. The Bertz CT molecular complexity index is 338. The predicted molar refractivity (Wildman–Crippen MR) is 43.1 cm³/mol. The normalized spacial score (nSPS) is 14.4. The second-order valence-electron chi connectivity index (χ2n) is 2.58. The minimum absolute atomic E-state index is 0.259. The average Bonchev–Trinajstić information content (AvgIpc) is 2.49. The summed E-state index contributed by atoms with van der Waals surface area (Å²) in [5, 5.41) is 0.259. The molecule has 1 aliphatic rings. The number of ether oxygens (including phenoxy) is 1. The average molecular weight is 184 g/mol. The van der Waals surface area contributed by atoms with Gasteiger partial charge in [-0.15, -0.1) is 0 Å². The highest BCUT2D eigenvalue weighted by Crippen LogP contribution is 2.22. The Hall–Kier alpha value is -0.930. The van der Waals surface area contributed by atoms with Crippen molar-refractivity contribution in [2.75, 3.05) is 0 Å². The molecule has 0 N–H and O–H groups in total. The maximum absolute atomic E-state index is 10.5. The first-order valence-electron chi connectivity index (χ1n) is 3.52. The Labute approximate surface area is 74.3 Å². The summed E-state index contributed by atoms with van der Waals surface area (Å²) in [6, 6.07) is 1.73. The molecule has 0 radical (unpaired) electrons. The van der Waals surface area contributed by atoms with Crippen molar-refractivity contribution in [3.05, 3.63) is 28.0 Å². The fourth-order valence-electron chi connectivity index (χ4n) is 1.18. The third kappa shape index (κ3) is 1.11. The standard InChI is InChI=1S/C8H6ClNO2/c9-8-5(2-11)1-6-3-12-4-7(6)10-8/h1-2H,3-4H2. The summed E-state index contributed by atoms with van der Waals surface area (Å²) in [5.74, 6) is 0. The van der Waals surface area contributed by atoms with Gasteiger partial charge in [0.25, 0.3) is 0 Å². The van der Waals surface area contributed by atoms with Crippen LogP contribution in [0.4, 0.5) is 0 Å². The van der Waals surface area contributed by atoms with Gasteiger partial charge >= 0.3 is 0 Å². The third-order valence-electron chi connectivity index (χ3n) is 1.80. The number of halogens is 1. The second-order valence-corrected chi connectivity index (χ2v) is 2.94. The van der Waals surface area contributed by atoms with Crippen LogP contribution >= 0.6 is 11.6 Å². The molecule has 0 unspecified atom stereocenters. The van der Waals surface area contributed by atoms with Gasteiger partial charge in [-0.25, -0.2) is 4.98 Å². The van der Waals surface area contributed by atoms with E-state index in [1.807, 2.05) is 0 Å². The lowest BCUT2D eigenvalue weighted by molar-refractivity contribution is 0.112. The topological polar surface area (TPSA) is 39.2 Å². The second kappa shape index (κ2) is 2.84. The molecular weight excluding hydrogens is 178 g/mol. The van der Waals surface area contributed by atoms with Gasteiger partial charge in [0.1, 0.15) is 5.15 Å². The van der Waals surface area contributed by atoms with Crippen LogP contribution in [0.3, 0.4) is 0 Å². The monoisotopic (exact) mass is 183 g/mol. The zero-order chi connectivity index (χ0) is 8.55. The number of rotatable bonds is 1.